The van der Waals surface area contributed by atoms with E-state index in [9.17, 15) is 0 Å². The van der Waals surface area contributed by atoms with Crippen molar-refractivity contribution in [1.82, 2.24) is 9.97 Å². The molecule has 0 radical (unpaired) electrons. The van der Waals surface area contributed by atoms with E-state index in [1.807, 2.05) is 12.4 Å². The van der Waals surface area contributed by atoms with Crippen LogP contribution in [0.15, 0.2) is 36.7 Å². The lowest BCUT2D eigenvalue weighted by molar-refractivity contribution is 0.258. The minimum atomic E-state index is 0.847. The van der Waals surface area contributed by atoms with E-state index in [0.717, 1.165) is 36.1 Å². The first kappa shape index (κ1) is 19.1. The maximum absolute atomic E-state index is 4.62. The van der Waals surface area contributed by atoms with Crippen LogP contribution in [0.3, 0.4) is 0 Å². The maximum atomic E-state index is 4.62. The van der Waals surface area contributed by atoms with E-state index < -0.39 is 0 Å². The fourth-order valence-corrected chi connectivity index (χ4v) is 4.13. The fraction of sp³-hybridized carbons (Fsp3) is 0.583. The Morgan fingerprint density at radius 1 is 0.808 bits per heavy atom. The lowest BCUT2D eigenvalue weighted by Crippen LogP contribution is -2.14. The molecule has 1 aromatic carbocycles. The molecule has 2 aromatic rings. The predicted octanol–water partition coefficient (Wildman–Crippen LogP) is 6.64. The van der Waals surface area contributed by atoms with Crippen molar-refractivity contribution in [2.45, 2.75) is 78.1 Å². The summed E-state index contributed by atoms with van der Waals surface area (Å²) in [6.07, 6.45) is 17.2. The second-order valence-electron chi connectivity index (χ2n) is 8.05. The Balaban J connectivity index is 1.50. The second kappa shape index (κ2) is 9.85. The lowest BCUT2D eigenvalue weighted by Gasteiger charge is -2.27. The van der Waals surface area contributed by atoms with Gasteiger partial charge in [0.05, 0.1) is 0 Å². The summed E-state index contributed by atoms with van der Waals surface area (Å²) in [5, 5.41) is 0. The first-order chi connectivity index (χ1) is 12.8. The molecule has 26 heavy (non-hydrogen) atoms. The fourth-order valence-electron chi connectivity index (χ4n) is 4.13. The van der Waals surface area contributed by atoms with Gasteiger partial charge in [-0.05, 0) is 48.6 Å². The van der Waals surface area contributed by atoms with Crippen molar-refractivity contribution in [3.8, 4) is 11.4 Å². The van der Waals surface area contributed by atoms with Crippen LogP contribution in [-0.2, 0) is 12.8 Å². The zero-order valence-electron chi connectivity index (χ0n) is 16.6. The number of unbranched alkanes of at least 4 members (excludes halogenated alkanes) is 1. The summed E-state index contributed by atoms with van der Waals surface area (Å²) in [5.74, 6) is 2.75. The summed E-state index contributed by atoms with van der Waals surface area (Å²) in [4.78, 5) is 9.24. The van der Waals surface area contributed by atoms with Crippen molar-refractivity contribution in [2.24, 2.45) is 11.8 Å². The van der Waals surface area contributed by atoms with Gasteiger partial charge in [-0.15, -0.1) is 0 Å². The van der Waals surface area contributed by atoms with E-state index >= 15 is 0 Å². The van der Waals surface area contributed by atoms with Gasteiger partial charge in [0.2, 0.25) is 0 Å². The largest absolute Gasteiger partial charge is 0.236 e. The van der Waals surface area contributed by atoms with Crippen molar-refractivity contribution in [3.05, 3.63) is 47.8 Å². The second-order valence-corrected chi connectivity index (χ2v) is 8.05. The Hall–Kier alpha value is -1.70. The number of hydrogen-bond acceptors (Lipinski definition) is 2. The van der Waals surface area contributed by atoms with E-state index in [0.29, 0.717) is 0 Å². The normalized spacial score (nSPS) is 20.2. The Morgan fingerprint density at radius 3 is 2.08 bits per heavy atom. The van der Waals surface area contributed by atoms with Crippen LogP contribution in [0.4, 0.5) is 0 Å². The van der Waals surface area contributed by atoms with Crippen molar-refractivity contribution < 1.29 is 0 Å². The molecule has 1 aliphatic rings. The van der Waals surface area contributed by atoms with Gasteiger partial charge < -0.3 is 0 Å². The van der Waals surface area contributed by atoms with Crippen LogP contribution in [0.5, 0.6) is 0 Å². The summed E-state index contributed by atoms with van der Waals surface area (Å²) in [6.45, 7) is 4.57. The summed E-state index contributed by atoms with van der Waals surface area (Å²) in [7, 11) is 0. The summed E-state index contributed by atoms with van der Waals surface area (Å²) in [6, 6.07) is 8.75. The van der Waals surface area contributed by atoms with E-state index in [1.165, 1.54) is 62.5 Å². The zero-order chi connectivity index (χ0) is 18.2. The maximum Gasteiger partial charge on any atom is 0.159 e. The number of rotatable bonds is 8. The lowest BCUT2D eigenvalue weighted by atomic mass is 9.79. The van der Waals surface area contributed by atoms with Crippen LogP contribution < -0.4 is 0 Å². The van der Waals surface area contributed by atoms with Gasteiger partial charge in [-0.2, -0.15) is 0 Å². The smallest absolute Gasteiger partial charge is 0.159 e. The molecule has 1 aromatic heterocycles. The van der Waals surface area contributed by atoms with Crippen LogP contribution >= 0.6 is 0 Å². The predicted molar refractivity (Wildman–Crippen MR) is 110 cm³/mol. The molecule has 0 bridgehead atoms. The molecule has 0 spiro atoms. The van der Waals surface area contributed by atoms with E-state index in [1.54, 1.807) is 0 Å². The average molecular weight is 351 g/mol. The minimum absolute atomic E-state index is 0.847. The van der Waals surface area contributed by atoms with E-state index in [-0.39, 0.29) is 0 Å². The third-order valence-corrected chi connectivity index (χ3v) is 6.12. The minimum Gasteiger partial charge on any atom is -0.236 e. The number of benzene rings is 1. The van der Waals surface area contributed by atoms with Crippen molar-refractivity contribution in [2.75, 3.05) is 0 Å². The van der Waals surface area contributed by atoms with Crippen molar-refractivity contribution in [1.29, 1.82) is 0 Å². The first-order valence-electron chi connectivity index (χ1n) is 10.7. The first-order valence-corrected chi connectivity index (χ1v) is 10.7. The number of hydrogen-bond donors (Lipinski definition) is 0. The molecular formula is C24H34N2. The van der Waals surface area contributed by atoms with Gasteiger partial charge in [-0.3, -0.25) is 0 Å². The van der Waals surface area contributed by atoms with Crippen LogP contribution in [0.2, 0.25) is 0 Å². The quantitative estimate of drug-likeness (QED) is 0.533. The summed E-state index contributed by atoms with van der Waals surface area (Å²) in [5.41, 5.74) is 3.81. The molecule has 1 heterocycles. The van der Waals surface area contributed by atoms with Gasteiger partial charge in [-0.1, -0.05) is 76.6 Å². The molecule has 0 N–H and O–H groups in total. The monoisotopic (exact) mass is 350 g/mol. The molecule has 0 unspecified atom stereocenters. The Bertz CT molecular complexity index is 637. The van der Waals surface area contributed by atoms with Gasteiger partial charge in [0.1, 0.15) is 0 Å². The summed E-state index contributed by atoms with van der Waals surface area (Å²) >= 11 is 0. The van der Waals surface area contributed by atoms with E-state index in [4.69, 9.17) is 0 Å². The van der Waals surface area contributed by atoms with Gasteiger partial charge >= 0.3 is 0 Å². The highest BCUT2D eigenvalue weighted by molar-refractivity contribution is 5.55. The van der Waals surface area contributed by atoms with Gasteiger partial charge in [0.15, 0.2) is 5.82 Å². The molecule has 2 heteroatoms. The molecule has 2 nitrogen and oxygen atoms in total. The molecular weight excluding hydrogens is 316 g/mol. The van der Waals surface area contributed by atoms with E-state index in [2.05, 4.69) is 48.1 Å². The SMILES string of the molecule is CCCCc1ccc(-c2ncc(CCC3CCC(CC)CC3)cn2)cc1. The molecule has 1 fully saturated rings. The topological polar surface area (TPSA) is 25.8 Å². The van der Waals surface area contributed by atoms with Crippen LogP contribution in [0.1, 0.15) is 76.3 Å². The number of aryl methyl sites for hydroxylation is 2. The van der Waals surface area contributed by atoms with Crippen LogP contribution in [-0.4, -0.2) is 9.97 Å². The molecule has 0 saturated heterocycles. The molecule has 0 aliphatic heterocycles. The van der Waals surface area contributed by atoms with Crippen molar-refractivity contribution >= 4 is 0 Å². The Kier molecular flexibility index (Phi) is 7.22. The van der Waals surface area contributed by atoms with Crippen LogP contribution in [0.25, 0.3) is 11.4 Å². The third-order valence-electron chi connectivity index (χ3n) is 6.12. The van der Waals surface area contributed by atoms with Gasteiger partial charge in [0, 0.05) is 18.0 Å². The Morgan fingerprint density at radius 2 is 1.46 bits per heavy atom. The summed E-state index contributed by atoms with van der Waals surface area (Å²) < 4.78 is 0. The zero-order valence-corrected chi connectivity index (χ0v) is 16.6. The third kappa shape index (κ3) is 5.40. The van der Waals surface area contributed by atoms with Gasteiger partial charge in [0.25, 0.3) is 0 Å². The highest BCUT2D eigenvalue weighted by Gasteiger charge is 2.19. The van der Waals surface area contributed by atoms with Gasteiger partial charge in [-0.25, -0.2) is 9.97 Å². The molecule has 1 saturated carbocycles. The molecule has 3 rings (SSSR count). The Labute approximate surface area is 159 Å². The highest BCUT2D eigenvalue weighted by atomic mass is 14.9. The molecule has 1 aliphatic carbocycles. The molecule has 0 atom stereocenters. The number of nitrogens with zero attached hydrogens (tertiary/aromatic N) is 2. The average Bonchev–Trinajstić information content (AvgIpc) is 2.72. The standard InChI is InChI=1S/C24H34N2/c1-3-5-6-20-13-15-23(16-14-20)24-25-17-22(18-26-24)12-11-21-9-7-19(4-2)8-10-21/h13-19,21H,3-12H2,1-2H3. The van der Waals surface area contributed by atoms with Crippen molar-refractivity contribution in [3.63, 3.8) is 0 Å². The number of aromatic nitrogens is 2. The highest BCUT2D eigenvalue weighted by Crippen LogP contribution is 2.33. The molecule has 140 valence electrons. The van der Waals surface area contributed by atoms with Crippen LogP contribution in [0, 0.1) is 11.8 Å². The molecule has 0 amide bonds.